The fourth-order valence-corrected chi connectivity index (χ4v) is 2.31. The molecule has 4 nitrogen and oxygen atoms in total. The van der Waals surface area contributed by atoms with Crippen molar-refractivity contribution in [2.24, 2.45) is 0 Å². The Labute approximate surface area is 159 Å². The second-order valence-corrected chi connectivity index (χ2v) is 5.98. The van der Waals surface area contributed by atoms with Crippen LogP contribution in [-0.2, 0) is 4.79 Å². The van der Waals surface area contributed by atoms with Crippen LogP contribution in [0.15, 0.2) is 48.5 Å². The summed E-state index contributed by atoms with van der Waals surface area (Å²) in [6.45, 7) is 4.03. The van der Waals surface area contributed by atoms with Gasteiger partial charge in [0.15, 0.2) is 0 Å². The summed E-state index contributed by atoms with van der Waals surface area (Å²) in [5.74, 6) is -0.234. The predicted molar refractivity (Wildman–Crippen MR) is 108 cm³/mol. The molecule has 1 aromatic heterocycles. The Hall–Kier alpha value is -2.66. The molecule has 6 heteroatoms. The predicted octanol–water partition coefficient (Wildman–Crippen LogP) is 4.86. The summed E-state index contributed by atoms with van der Waals surface area (Å²) < 4.78 is 13.0. The van der Waals surface area contributed by atoms with E-state index in [1.54, 1.807) is 26.2 Å². The van der Waals surface area contributed by atoms with Crippen molar-refractivity contribution in [2.45, 2.75) is 13.8 Å². The number of hydrogen-bond donors (Lipinski definition) is 1. The summed E-state index contributed by atoms with van der Waals surface area (Å²) in [6, 6.07) is 14.5. The van der Waals surface area contributed by atoms with Gasteiger partial charge in [0.2, 0.25) is 6.41 Å². The zero-order valence-corrected chi connectivity index (χ0v) is 16.1. The van der Waals surface area contributed by atoms with E-state index in [0.717, 1.165) is 39.9 Å². The van der Waals surface area contributed by atoms with Crippen LogP contribution in [0.3, 0.4) is 0 Å². The van der Waals surface area contributed by atoms with E-state index >= 15 is 0 Å². The van der Waals surface area contributed by atoms with Gasteiger partial charge in [-0.25, -0.2) is 4.39 Å². The second kappa shape index (κ2) is 9.73. The van der Waals surface area contributed by atoms with E-state index in [1.165, 1.54) is 17.0 Å². The Morgan fingerprint density at radius 1 is 1.08 bits per heavy atom. The third-order valence-corrected chi connectivity index (χ3v) is 3.50. The molecule has 1 amide bonds. The minimum atomic E-state index is -0.234. The van der Waals surface area contributed by atoms with Crippen LogP contribution in [0.4, 0.5) is 15.8 Å². The molecule has 0 unspecified atom stereocenters. The van der Waals surface area contributed by atoms with Gasteiger partial charge < -0.3 is 10.2 Å². The van der Waals surface area contributed by atoms with Gasteiger partial charge in [0.1, 0.15) is 5.82 Å². The van der Waals surface area contributed by atoms with E-state index in [-0.39, 0.29) is 18.2 Å². The zero-order valence-electron chi connectivity index (χ0n) is 15.3. The Bertz CT molecular complexity index is 867. The molecule has 0 aliphatic heterocycles. The minimum absolute atomic E-state index is 0. The molecular formula is C20H23ClFN3O. The molecule has 3 rings (SSSR count). The Balaban J connectivity index is 0.000000501. The van der Waals surface area contributed by atoms with Gasteiger partial charge in [0.25, 0.3) is 0 Å². The largest absolute Gasteiger partial charge is 0.355 e. The van der Waals surface area contributed by atoms with Gasteiger partial charge in [-0.2, -0.15) is 0 Å². The number of fused-ring (bicyclic) bond motifs is 1. The van der Waals surface area contributed by atoms with E-state index in [9.17, 15) is 9.18 Å². The average molecular weight is 376 g/mol. The van der Waals surface area contributed by atoms with Gasteiger partial charge in [-0.15, -0.1) is 12.4 Å². The number of pyridine rings is 1. The van der Waals surface area contributed by atoms with Crippen molar-refractivity contribution in [1.29, 1.82) is 0 Å². The summed E-state index contributed by atoms with van der Waals surface area (Å²) in [6.07, 6.45) is 0.750. The third kappa shape index (κ3) is 5.70. The molecule has 26 heavy (non-hydrogen) atoms. The number of carbonyl (C=O) groups is 1. The number of rotatable bonds is 3. The number of para-hydroxylation sites is 1. The molecular weight excluding hydrogens is 353 g/mol. The van der Waals surface area contributed by atoms with Gasteiger partial charge in [0, 0.05) is 36.6 Å². The lowest BCUT2D eigenvalue weighted by atomic mass is 10.1. The number of anilines is 2. The number of aryl methyl sites for hydroxylation is 2. The first-order valence-electron chi connectivity index (χ1n) is 7.92. The number of benzene rings is 2. The highest BCUT2D eigenvalue weighted by Crippen LogP contribution is 2.28. The van der Waals surface area contributed by atoms with Crippen molar-refractivity contribution < 1.29 is 9.18 Å². The summed E-state index contributed by atoms with van der Waals surface area (Å²) in [5, 5.41) is 4.40. The van der Waals surface area contributed by atoms with Crippen LogP contribution >= 0.6 is 12.4 Å². The molecule has 0 radical (unpaired) electrons. The van der Waals surface area contributed by atoms with Crippen LogP contribution in [0.2, 0.25) is 0 Å². The Kier molecular flexibility index (Phi) is 8.00. The first-order valence-corrected chi connectivity index (χ1v) is 7.92. The van der Waals surface area contributed by atoms with Crippen molar-refractivity contribution in [3.8, 4) is 0 Å². The number of nitrogens with one attached hydrogen (secondary N) is 1. The molecule has 0 saturated carbocycles. The van der Waals surface area contributed by atoms with Crippen molar-refractivity contribution in [3.63, 3.8) is 0 Å². The number of halogens is 2. The second-order valence-electron chi connectivity index (χ2n) is 5.98. The van der Waals surface area contributed by atoms with Crippen molar-refractivity contribution >= 4 is 41.1 Å². The van der Waals surface area contributed by atoms with E-state index < -0.39 is 0 Å². The van der Waals surface area contributed by atoms with E-state index in [2.05, 4.69) is 23.3 Å². The average Bonchev–Trinajstić information content (AvgIpc) is 2.58. The normalized spacial score (nSPS) is 9.58. The fraction of sp³-hybridized carbons (Fsp3) is 0.200. The molecule has 0 atom stereocenters. The number of amides is 1. The lowest BCUT2D eigenvalue weighted by Gasteiger charge is -2.12. The third-order valence-electron chi connectivity index (χ3n) is 3.50. The lowest BCUT2D eigenvalue weighted by Crippen LogP contribution is -2.06. The summed E-state index contributed by atoms with van der Waals surface area (Å²) in [7, 11) is 3.38. The molecule has 0 saturated heterocycles. The molecule has 138 valence electrons. The van der Waals surface area contributed by atoms with Crippen LogP contribution < -0.4 is 5.32 Å². The van der Waals surface area contributed by atoms with E-state index in [1.807, 2.05) is 25.1 Å². The van der Waals surface area contributed by atoms with E-state index in [0.29, 0.717) is 0 Å². The molecule has 0 aliphatic carbocycles. The Morgan fingerprint density at radius 2 is 1.69 bits per heavy atom. The number of nitrogens with zero attached hydrogens (tertiary/aromatic N) is 2. The minimum Gasteiger partial charge on any atom is -0.355 e. The van der Waals surface area contributed by atoms with Crippen molar-refractivity contribution in [3.05, 3.63) is 65.6 Å². The van der Waals surface area contributed by atoms with Crippen LogP contribution in [0, 0.1) is 19.7 Å². The molecule has 1 N–H and O–H groups in total. The highest BCUT2D eigenvalue weighted by atomic mass is 35.5. The van der Waals surface area contributed by atoms with Crippen molar-refractivity contribution in [2.75, 3.05) is 19.4 Å². The number of hydrogen-bond acceptors (Lipinski definition) is 3. The van der Waals surface area contributed by atoms with Crippen LogP contribution in [0.1, 0.15) is 11.3 Å². The molecule has 0 fully saturated rings. The zero-order chi connectivity index (χ0) is 18.4. The maximum absolute atomic E-state index is 13.0. The van der Waals surface area contributed by atoms with Gasteiger partial charge >= 0.3 is 0 Å². The number of carbonyl (C=O) groups excluding carboxylic acids is 1. The van der Waals surface area contributed by atoms with Gasteiger partial charge in [-0.05, 0) is 49.7 Å². The standard InChI is InChI=1S/C17H15FN2.C3H7NO.ClH/c1-11-4-3-5-15-16(10-12(2)19-17(11)15)20-14-8-6-13(18)7-9-14;1-4(2)3-5;/h3-10H,1-2H3,(H,19,20);3H,1-2H3;1H. The number of aromatic nitrogens is 1. The van der Waals surface area contributed by atoms with Gasteiger partial charge in [-0.1, -0.05) is 18.2 Å². The monoisotopic (exact) mass is 375 g/mol. The maximum atomic E-state index is 13.0. The van der Waals surface area contributed by atoms with Crippen molar-refractivity contribution in [1.82, 2.24) is 9.88 Å². The van der Waals surface area contributed by atoms with Gasteiger partial charge in [0.05, 0.1) is 5.52 Å². The van der Waals surface area contributed by atoms with Crippen LogP contribution in [0.25, 0.3) is 10.9 Å². The van der Waals surface area contributed by atoms with Crippen LogP contribution in [-0.4, -0.2) is 30.4 Å². The summed E-state index contributed by atoms with van der Waals surface area (Å²) in [4.78, 5) is 15.5. The highest BCUT2D eigenvalue weighted by Gasteiger charge is 2.06. The first-order chi connectivity index (χ1) is 11.9. The molecule has 0 spiro atoms. The highest BCUT2D eigenvalue weighted by molar-refractivity contribution is 5.94. The molecule has 1 heterocycles. The molecule has 0 aliphatic rings. The summed E-state index contributed by atoms with van der Waals surface area (Å²) >= 11 is 0. The maximum Gasteiger partial charge on any atom is 0.209 e. The van der Waals surface area contributed by atoms with E-state index in [4.69, 9.17) is 0 Å². The SMILES string of the molecule is CN(C)C=O.Cc1cc(Nc2ccc(F)cc2)c2cccc(C)c2n1.Cl. The molecule has 2 aromatic carbocycles. The van der Waals surface area contributed by atoms with Gasteiger partial charge in [-0.3, -0.25) is 9.78 Å². The lowest BCUT2D eigenvalue weighted by molar-refractivity contribution is -0.115. The topological polar surface area (TPSA) is 45.2 Å². The smallest absolute Gasteiger partial charge is 0.209 e. The first kappa shape index (κ1) is 21.4. The molecule has 3 aromatic rings. The fourth-order valence-electron chi connectivity index (χ4n) is 2.31. The molecule has 0 bridgehead atoms. The quantitative estimate of drug-likeness (QED) is 0.665. The van der Waals surface area contributed by atoms with Crippen LogP contribution in [0.5, 0.6) is 0 Å². The summed E-state index contributed by atoms with van der Waals surface area (Å²) in [5.41, 5.74) is 4.95. The Morgan fingerprint density at radius 3 is 2.27 bits per heavy atom.